The normalized spacial score (nSPS) is 23.3. The van der Waals surface area contributed by atoms with Crippen LogP contribution >= 0.6 is 22.6 Å². The molecule has 140 valence electrons. The summed E-state index contributed by atoms with van der Waals surface area (Å²) in [6, 6.07) is 11.1. The van der Waals surface area contributed by atoms with E-state index >= 15 is 0 Å². The maximum absolute atomic E-state index is 14.3. The number of hydrogen-bond acceptors (Lipinski definition) is 4. The van der Waals surface area contributed by atoms with Crippen molar-refractivity contribution in [2.24, 2.45) is 0 Å². The largest absolute Gasteiger partial charge is 0.367 e. The number of halogens is 3. The zero-order chi connectivity index (χ0) is 18.8. The van der Waals surface area contributed by atoms with E-state index in [1.165, 1.54) is 24.3 Å². The molecule has 4 nitrogen and oxygen atoms in total. The minimum absolute atomic E-state index is 0.0134. The first-order chi connectivity index (χ1) is 12.4. The van der Waals surface area contributed by atoms with E-state index in [1.54, 1.807) is 18.2 Å². The van der Waals surface area contributed by atoms with Gasteiger partial charge in [0.25, 0.3) is 10.1 Å². The van der Waals surface area contributed by atoms with E-state index in [0.717, 1.165) is 6.07 Å². The zero-order valence-corrected chi connectivity index (χ0v) is 16.7. The Labute approximate surface area is 164 Å². The van der Waals surface area contributed by atoms with Gasteiger partial charge in [0.15, 0.2) is 0 Å². The number of benzene rings is 2. The van der Waals surface area contributed by atoms with Crippen molar-refractivity contribution in [2.75, 3.05) is 11.0 Å². The summed E-state index contributed by atoms with van der Waals surface area (Å²) in [7, 11) is -3.94. The lowest BCUT2D eigenvalue weighted by molar-refractivity contribution is -0.00646. The third kappa shape index (κ3) is 4.08. The molecule has 0 aliphatic carbocycles. The highest BCUT2D eigenvalue weighted by Gasteiger charge is 2.45. The number of alkyl halides is 1. The van der Waals surface area contributed by atoms with Crippen LogP contribution in [0.25, 0.3) is 0 Å². The van der Waals surface area contributed by atoms with Crippen LogP contribution in [0.4, 0.5) is 8.78 Å². The second-order valence-electron chi connectivity index (χ2n) is 6.06. The van der Waals surface area contributed by atoms with Crippen LogP contribution in [0.2, 0.25) is 0 Å². The average Bonchev–Trinajstić information content (AvgIpc) is 2.98. The molecule has 0 aromatic heterocycles. The van der Waals surface area contributed by atoms with Gasteiger partial charge in [0.1, 0.15) is 17.7 Å². The molecule has 2 aromatic carbocycles. The van der Waals surface area contributed by atoms with Gasteiger partial charge in [-0.05, 0) is 24.6 Å². The van der Waals surface area contributed by atoms with Crippen molar-refractivity contribution in [3.63, 3.8) is 0 Å². The number of ether oxygens (including phenoxy) is 1. The first-order valence-corrected chi connectivity index (χ1v) is 10.9. The second-order valence-corrected chi connectivity index (χ2v) is 8.71. The Morgan fingerprint density at radius 1 is 1.19 bits per heavy atom. The van der Waals surface area contributed by atoms with Gasteiger partial charge in [-0.3, -0.25) is 4.18 Å². The van der Waals surface area contributed by atoms with Crippen molar-refractivity contribution in [2.45, 2.75) is 29.4 Å². The zero-order valence-electron chi connectivity index (χ0n) is 13.7. The van der Waals surface area contributed by atoms with Crippen LogP contribution in [0.5, 0.6) is 0 Å². The lowest BCUT2D eigenvalue weighted by atomic mass is 9.87. The molecular weight excluding hydrogens is 477 g/mol. The molecule has 2 aromatic rings. The number of hydrogen-bond donors (Lipinski definition) is 0. The Hall–Kier alpha value is -1.10. The fourth-order valence-electron chi connectivity index (χ4n) is 3.13. The SMILES string of the molecule is O=S(=O)(OC1COC(CCI)(c2ccc(F)cc2F)C1)c1ccccc1. The molecule has 1 fully saturated rings. The highest BCUT2D eigenvalue weighted by molar-refractivity contribution is 14.1. The molecule has 1 aliphatic heterocycles. The Kier molecular flexibility index (Phi) is 5.95. The quantitative estimate of drug-likeness (QED) is 0.344. The number of rotatable bonds is 6. The van der Waals surface area contributed by atoms with E-state index in [9.17, 15) is 17.2 Å². The summed E-state index contributed by atoms with van der Waals surface area (Å²) in [5, 5.41) is 0. The standard InChI is InChI=1S/C18H17F2IO4S/c19-13-6-7-16(17(20)10-13)18(8-9-21)11-14(12-24-18)25-26(22,23)15-4-2-1-3-5-15/h1-7,10,14H,8-9,11-12H2. The molecule has 8 heteroatoms. The van der Waals surface area contributed by atoms with Gasteiger partial charge in [-0.2, -0.15) is 8.42 Å². The third-order valence-electron chi connectivity index (χ3n) is 4.32. The van der Waals surface area contributed by atoms with Gasteiger partial charge in [0.2, 0.25) is 0 Å². The van der Waals surface area contributed by atoms with Gasteiger partial charge in [0.05, 0.1) is 17.1 Å². The molecule has 1 heterocycles. The van der Waals surface area contributed by atoms with Crippen molar-refractivity contribution in [3.8, 4) is 0 Å². The fraction of sp³-hybridized carbons (Fsp3) is 0.333. The summed E-state index contributed by atoms with van der Waals surface area (Å²) >= 11 is 2.14. The van der Waals surface area contributed by atoms with E-state index in [0.29, 0.717) is 10.8 Å². The van der Waals surface area contributed by atoms with E-state index < -0.39 is 33.5 Å². The minimum Gasteiger partial charge on any atom is -0.367 e. The molecule has 1 saturated heterocycles. The smallest absolute Gasteiger partial charge is 0.297 e. The first kappa shape index (κ1) is 19.7. The molecule has 0 spiro atoms. The van der Waals surface area contributed by atoms with Crippen LogP contribution in [0.3, 0.4) is 0 Å². The van der Waals surface area contributed by atoms with Gasteiger partial charge in [-0.25, -0.2) is 8.78 Å². The molecule has 0 N–H and O–H groups in total. The summed E-state index contributed by atoms with van der Waals surface area (Å²) in [5.41, 5.74) is -0.811. The van der Waals surface area contributed by atoms with Gasteiger partial charge < -0.3 is 4.74 Å². The molecule has 1 aliphatic rings. The van der Waals surface area contributed by atoms with E-state index in [1.807, 2.05) is 0 Å². The highest BCUT2D eigenvalue weighted by atomic mass is 127. The molecule has 0 bridgehead atoms. The first-order valence-electron chi connectivity index (χ1n) is 8.00. The Morgan fingerprint density at radius 2 is 1.92 bits per heavy atom. The highest BCUT2D eigenvalue weighted by Crippen LogP contribution is 2.42. The van der Waals surface area contributed by atoms with Crippen molar-refractivity contribution in [3.05, 3.63) is 65.7 Å². The van der Waals surface area contributed by atoms with Crippen molar-refractivity contribution < 1.29 is 26.1 Å². The topological polar surface area (TPSA) is 52.6 Å². The monoisotopic (exact) mass is 494 g/mol. The lowest BCUT2D eigenvalue weighted by Gasteiger charge is -2.28. The lowest BCUT2D eigenvalue weighted by Crippen LogP contribution is -2.28. The predicted octanol–water partition coefficient (Wildman–Crippen LogP) is 4.18. The van der Waals surface area contributed by atoms with Crippen LogP contribution in [-0.2, 0) is 24.6 Å². The Morgan fingerprint density at radius 3 is 2.58 bits per heavy atom. The van der Waals surface area contributed by atoms with E-state index in [4.69, 9.17) is 8.92 Å². The van der Waals surface area contributed by atoms with Crippen LogP contribution in [-0.4, -0.2) is 25.6 Å². The fourth-order valence-corrected chi connectivity index (χ4v) is 5.08. The van der Waals surface area contributed by atoms with Gasteiger partial charge >= 0.3 is 0 Å². The second kappa shape index (κ2) is 7.87. The Bertz CT molecular complexity index is 876. The molecule has 0 radical (unpaired) electrons. The van der Waals surface area contributed by atoms with Crippen molar-refractivity contribution in [1.29, 1.82) is 0 Å². The summed E-state index contributed by atoms with van der Waals surface area (Å²) in [4.78, 5) is 0.0550. The van der Waals surface area contributed by atoms with E-state index in [-0.39, 0.29) is 23.5 Å². The maximum Gasteiger partial charge on any atom is 0.297 e. The predicted molar refractivity (Wildman–Crippen MR) is 101 cm³/mol. The third-order valence-corrected chi connectivity index (χ3v) is 6.23. The van der Waals surface area contributed by atoms with Gasteiger partial charge in [-0.1, -0.05) is 46.9 Å². The molecule has 26 heavy (non-hydrogen) atoms. The average molecular weight is 494 g/mol. The van der Waals surface area contributed by atoms with Crippen LogP contribution in [0.15, 0.2) is 53.4 Å². The van der Waals surface area contributed by atoms with Gasteiger partial charge in [0, 0.05) is 22.5 Å². The molecule has 2 atom stereocenters. The van der Waals surface area contributed by atoms with Crippen LogP contribution in [0.1, 0.15) is 18.4 Å². The summed E-state index contributed by atoms with van der Waals surface area (Å²) in [6.07, 6.45) is -0.112. The van der Waals surface area contributed by atoms with Crippen LogP contribution in [0, 0.1) is 11.6 Å². The molecule has 0 amide bonds. The summed E-state index contributed by atoms with van der Waals surface area (Å²) < 4.78 is 64.2. The molecule has 2 unspecified atom stereocenters. The maximum atomic E-state index is 14.3. The molecular formula is C18H17F2IO4S. The summed E-state index contributed by atoms with van der Waals surface area (Å²) in [6.45, 7) is 0.0134. The van der Waals surface area contributed by atoms with Crippen LogP contribution < -0.4 is 0 Å². The molecule has 3 rings (SSSR count). The Balaban J connectivity index is 1.84. The van der Waals surface area contributed by atoms with Crippen molar-refractivity contribution in [1.82, 2.24) is 0 Å². The van der Waals surface area contributed by atoms with Crippen molar-refractivity contribution >= 4 is 32.7 Å². The van der Waals surface area contributed by atoms with Gasteiger partial charge in [-0.15, -0.1) is 0 Å². The summed E-state index contributed by atoms with van der Waals surface area (Å²) in [5.74, 6) is -1.38. The van der Waals surface area contributed by atoms with E-state index in [2.05, 4.69) is 22.6 Å². The minimum atomic E-state index is -3.94. The molecule has 0 saturated carbocycles.